The predicted molar refractivity (Wildman–Crippen MR) is 168 cm³/mol. The number of anilines is 2. The van der Waals surface area contributed by atoms with Gasteiger partial charge in [0.15, 0.2) is 6.61 Å². The third-order valence-corrected chi connectivity index (χ3v) is 7.69. The number of piperazine rings is 1. The Labute approximate surface area is 263 Å². The number of nitrogens with one attached hydrogen (secondary N) is 1. The second-order valence-corrected chi connectivity index (χ2v) is 11.2. The van der Waals surface area contributed by atoms with Crippen LogP contribution in [0.2, 0.25) is 0 Å². The van der Waals surface area contributed by atoms with E-state index in [0.29, 0.717) is 34.3 Å². The average molecular weight is 665 g/mol. The maximum absolute atomic E-state index is 13.6. The molecule has 0 amide bonds. The summed E-state index contributed by atoms with van der Waals surface area (Å²) in [6, 6.07) is 20.1. The first kappa shape index (κ1) is 31.3. The van der Waals surface area contributed by atoms with Crippen molar-refractivity contribution >= 4 is 27.6 Å². The minimum atomic E-state index is -0.700. The maximum Gasteiger partial charge on any atom is 0.233 e. The summed E-state index contributed by atoms with van der Waals surface area (Å²) in [5.74, 6) is 3.06. The van der Waals surface area contributed by atoms with E-state index in [9.17, 15) is 13.9 Å². The standard InChI is InChI=1S/C33H32BrF2N5O3/c1-2-18-43-32-30(34)20-37-33(39-32)38-27-4-3-5-29(19-27)44-22-28(42)21-40-14-16-41(17-15-40)31(23-6-10-25(35)11-7-23)24-8-12-26(36)13-9-24/h1,3-13,19-20,28,31,42H,14-18,21-22H2,(H,37,38,39). The van der Waals surface area contributed by atoms with Crippen molar-refractivity contribution in [1.29, 1.82) is 0 Å². The van der Waals surface area contributed by atoms with Gasteiger partial charge in [-0.1, -0.05) is 36.3 Å². The number of rotatable bonds is 12. The van der Waals surface area contributed by atoms with Crippen molar-refractivity contribution in [2.24, 2.45) is 0 Å². The summed E-state index contributed by atoms with van der Waals surface area (Å²) in [5.41, 5.74) is 2.59. The summed E-state index contributed by atoms with van der Waals surface area (Å²) < 4.78 is 39.2. The minimum absolute atomic E-state index is 0.0862. The summed E-state index contributed by atoms with van der Waals surface area (Å²) in [5, 5.41) is 13.9. The number of hydrogen-bond donors (Lipinski definition) is 2. The molecule has 1 atom stereocenters. The lowest BCUT2D eigenvalue weighted by molar-refractivity contribution is 0.0401. The fourth-order valence-corrected chi connectivity index (χ4v) is 5.37. The van der Waals surface area contributed by atoms with Crippen LogP contribution in [-0.4, -0.2) is 76.9 Å². The van der Waals surface area contributed by atoms with Crippen LogP contribution in [0.3, 0.4) is 0 Å². The zero-order valence-corrected chi connectivity index (χ0v) is 25.5. The first-order chi connectivity index (χ1) is 21.4. The first-order valence-corrected chi connectivity index (χ1v) is 14.9. The van der Waals surface area contributed by atoms with Gasteiger partial charge in [-0.05, 0) is 63.5 Å². The fourth-order valence-electron chi connectivity index (χ4n) is 5.07. The Morgan fingerprint density at radius 3 is 2.25 bits per heavy atom. The molecule has 1 aliphatic heterocycles. The van der Waals surface area contributed by atoms with Crippen molar-refractivity contribution in [2.75, 3.05) is 51.3 Å². The van der Waals surface area contributed by atoms with Crippen molar-refractivity contribution in [2.45, 2.75) is 12.1 Å². The molecule has 1 unspecified atom stereocenters. The smallest absolute Gasteiger partial charge is 0.233 e. The Morgan fingerprint density at radius 1 is 0.955 bits per heavy atom. The molecule has 4 aromatic rings. The van der Waals surface area contributed by atoms with Gasteiger partial charge in [0.1, 0.15) is 30.1 Å². The zero-order chi connectivity index (χ0) is 30.9. The van der Waals surface area contributed by atoms with Gasteiger partial charge in [-0.25, -0.2) is 13.8 Å². The summed E-state index contributed by atoms with van der Waals surface area (Å²) in [6.07, 6.45) is 6.14. The molecule has 11 heteroatoms. The van der Waals surface area contributed by atoms with E-state index >= 15 is 0 Å². The highest BCUT2D eigenvalue weighted by Crippen LogP contribution is 2.30. The number of hydrogen-bond acceptors (Lipinski definition) is 8. The normalized spacial score (nSPS) is 14.6. The van der Waals surface area contributed by atoms with Crippen LogP contribution in [0.25, 0.3) is 0 Å². The molecule has 8 nitrogen and oxygen atoms in total. The second-order valence-electron chi connectivity index (χ2n) is 10.3. The number of aliphatic hydroxyl groups is 1. The number of β-amino-alcohol motifs (C(OH)–C–C–N with tert-alkyl or cyclic N) is 1. The molecule has 0 saturated carbocycles. The van der Waals surface area contributed by atoms with Gasteiger partial charge in [-0.15, -0.1) is 6.42 Å². The lowest BCUT2D eigenvalue weighted by Crippen LogP contribution is -2.50. The second kappa shape index (κ2) is 15.1. The van der Waals surface area contributed by atoms with Crippen LogP contribution in [0.5, 0.6) is 11.6 Å². The molecule has 5 rings (SSSR count). The van der Waals surface area contributed by atoms with Crippen molar-refractivity contribution in [3.63, 3.8) is 0 Å². The van der Waals surface area contributed by atoms with E-state index in [1.807, 2.05) is 18.2 Å². The number of aliphatic hydroxyl groups excluding tert-OH is 1. The van der Waals surface area contributed by atoms with Crippen LogP contribution in [0.15, 0.2) is 83.5 Å². The third kappa shape index (κ3) is 8.51. The molecule has 0 aliphatic carbocycles. The van der Waals surface area contributed by atoms with E-state index in [0.717, 1.165) is 37.3 Å². The van der Waals surface area contributed by atoms with Crippen LogP contribution in [-0.2, 0) is 0 Å². The van der Waals surface area contributed by atoms with E-state index in [4.69, 9.17) is 15.9 Å². The fraction of sp³-hybridized carbons (Fsp3) is 0.273. The Balaban J connectivity index is 1.13. The SMILES string of the molecule is C#CCOc1nc(Nc2cccc(OCC(O)CN3CCN(C(c4ccc(F)cc4)c4ccc(F)cc4)CC3)c2)ncc1Br. The van der Waals surface area contributed by atoms with Crippen LogP contribution >= 0.6 is 15.9 Å². The van der Waals surface area contributed by atoms with E-state index in [-0.39, 0.29) is 30.9 Å². The van der Waals surface area contributed by atoms with Crippen molar-refractivity contribution in [3.05, 3.63) is 106 Å². The maximum atomic E-state index is 13.6. The van der Waals surface area contributed by atoms with Crippen LogP contribution in [0.1, 0.15) is 17.2 Å². The molecule has 2 heterocycles. The molecule has 1 aromatic heterocycles. The van der Waals surface area contributed by atoms with E-state index in [2.05, 4.69) is 46.9 Å². The molecule has 0 spiro atoms. The van der Waals surface area contributed by atoms with Crippen LogP contribution < -0.4 is 14.8 Å². The van der Waals surface area contributed by atoms with Gasteiger partial charge in [0, 0.05) is 44.5 Å². The summed E-state index contributed by atoms with van der Waals surface area (Å²) in [7, 11) is 0. The molecule has 1 saturated heterocycles. The Kier molecular flexibility index (Phi) is 10.7. The first-order valence-electron chi connectivity index (χ1n) is 14.1. The number of aromatic nitrogens is 2. The summed E-state index contributed by atoms with van der Waals surface area (Å²) in [6.45, 7) is 3.59. The Bertz CT molecular complexity index is 1520. The highest BCUT2D eigenvalue weighted by Gasteiger charge is 2.27. The van der Waals surface area contributed by atoms with Gasteiger partial charge < -0.3 is 19.9 Å². The van der Waals surface area contributed by atoms with Crippen LogP contribution in [0, 0.1) is 24.0 Å². The number of benzene rings is 3. The number of ether oxygens (including phenoxy) is 2. The monoisotopic (exact) mass is 663 g/mol. The quantitative estimate of drug-likeness (QED) is 0.195. The highest BCUT2D eigenvalue weighted by molar-refractivity contribution is 9.10. The predicted octanol–water partition coefficient (Wildman–Crippen LogP) is 5.42. The molecule has 228 valence electrons. The highest BCUT2D eigenvalue weighted by atomic mass is 79.9. The summed E-state index contributed by atoms with van der Waals surface area (Å²) in [4.78, 5) is 13.1. The zero-order valence-electron chi connectivity index (χ0n) is 23.9. The molecule has 0 bridgehead atoms. The molecule has 2 N–H and O–H groups in total. The molecule has 3 aromatic carbocycles. The van der Waals surface area contributed by atoms with E-state index in [1.54, 1.807) is 36.5 Å². The molecule has 1 aliphatic rings. The molecule has 44 heavy (non-hydrogen) atoms. The van der Waals surface area contributed by atoms with E-state index < -0.39 is 6.10 Å². The Morgan fingerprint density at radius 2 is 1.61 bits per heavy atom. The average Bonchev–Trinajstić information content (AvgIpc) is 3.03. The largest absolute Gasteiger partial charge is 0.491 e. The summed E-state index contributed by atoms with van der Waals surface area (Å²) >= 11 is 3.34. The van der Waals surface area contributed by atoms with Crippen LogP contribution in [0.4, 0.5) is 20.4 Å². The number of halogens is 3. The minimum Gasteiger partial charge on any atom is -0.491 e. The van der Waals surface area contributed by atoms with Crippen molar-refractivity contribution in [1.82, 2.24) is 19.8 Å². The van der Waals surface area contributed by atoms with Gasteiger partial charge in [0.05, 0.1) is 16.7 Å². The molecule has 1 fully saturated rings. The third-order valence-electron chi connectivity index (χ3n) is 7.15. The lowest BCUT2D eigenvalue weighted by Gasteiger charge is -2.40. The lowest BCUT2D eigenvalue weighted by atomic mass is 9.96. The van der Waals surface area contributed by atoms with Gasteiger partial charge in [0.2, 0.25) is 11.8 Å². The van der Waals surface area contributed by atoms with Gasteiger partial charge in [-0.3, -0.25) is 9.80 Å². The Hall–Kier alpha value is -4.08. The molecule has 0 radical (unpaired) electrons. The molecular weight excluding hydrogens is 632 g/mol. The topological polar surface area (TPSA) is 83.0 Å². The van der Waals surface area contributed by atoms with Crippen molar-refractivity contribution < 1.29 is 23.4 Å². The van der Waals surface area contributed by atoms with Gasteiger partial charge in [0.25, 0.3) is 0 Å². The van der Waals surface area contributed by atoms with Gasteiger partial charge in [-0.2, -0.15) is 4.98 Å². The molecular formula is C33H32BrF2N5O3. The van der Waals surface area contributed by atoms with Crippen molar-refractivity contribution in [3.8, 4) is 24.0 Å². The van der Waals surface area contributed by atoms with E-state index in [1.165, 1.54) is 24.3 Å². The van der Waals surface area contributed by atoms with Gasteiger partial charge >= 0.3 is 0 Å². The number of nitrogens with zero attached hydrogens (tertiary/aromatic N) is 4. The number of terminal acetylenes is 1.